The summed E-state index contributed by atoms with van der Waals surface area (Å²) in [6, 6.07) is 10.2. The number of amides is 1. The molecule has 0 bridgehead atoms. The lowest BCUT2D eigenvalue weighted by molar-refractivity contribution is -0.137. The maximum Gasteiger partial charge on any atom is 0.416 e. The molecule has 1 unspecified atom stereocenters. The molecule has 1 amide bonds. The molecular weight excluding hydrogens is 359 g/mol. The Labute approximate surface area is 153 Å². The molecule has 0 spiro atoms. The van der Waals surface area contributed by atoms with Crippen LogP contribution in [-0.2, 0) is 11.0 Å². The molecule has 4 rings (SSSR count). The molecule has 140 valence electrons. The number of para-hydroxylation sites is 1. The van der Waals surface area contributed by atoms with Crippen LogP contribution in [0.25, 0.3) is 0 Å². The maximum atomic E-state index is 12.8. The fraction of sp³-hybridized carbons (Fsp3) is 0.263. The summed E-state index contributed by atoms with van der Waals surface area (Å²) < 4.78 is 38.5. The van der Waals surface area contributed by atoms with Gasteiger partial charge in [-0.05, 0) is 23.8 Å². The first kappa shape index (κ1) is 17.4. The van der Waals surface area contributed by atoms with Crippen molar-refractivity contribution in [3.8, 4) is 0 Å². The quantitative estimate of drug-likeness (QED) is 0.815. The van der Waals surface area contributed by atoms with Gasteiger partial charge in [0.2, 0.25) is 0 Å². The van der Waals surface area contributed by atoms with E-state index in [0.717, 1.165) is 29.1 Å². The average molecular weight is 375 g/mol. The first-order valence-corrected chi connectivity index (χ1v) is 8.38. The number of halogens is 3. The number of anilines is 1. The summed E-state index contributed by atoms with van der Waals surface area (Å²) in [4.78, 5) is 19.5. The molecule has 2 aliphatic rings. The Bertz CT molecular complexity index is 923. The van der Waals surface area contributed by atoms with Gasteiger partial charge in [-0.1, -0.05) is 29.4 Å². The lowest BCUT2D eigenvalue weighted by atomic mass is 9.92. The molecule has 0 saturated heterocycles. The minimum absolute atomic E-state index is 0.272. The molecule has 0 saturated carbocycles. The third-order valence-corrected chi connectivity index (χ3v) is 4.80. The topological polar surface area (TPSA) is 53.9 Å². The number of alkyl halides is 3. The third kappa shape index (κ3) is 2.90. The molecule has 27 heavy (non-hydrogen) atoms. The number of nitrogens with zero attached hydrogens (tertiary/aromatic N) is 2. The Morgan fingerprint density at radius 1 is 1.15 bits per heavy atom. The van der Waals surface area contributed by atoms with Crippen molar-refractivity contribution in [1.82, 2.24) is 5.32 Å². The first-order chi connectivity index (χ1) is 12.9. The number of carbonyl (C=O) groups is 1. The van der Waals surface area contributed by atoms with Crippen LogP contribution in [-0.4, -0.2) is 25.3 Å². The highest BCUT2D eigenvalue weighted by Gasteiger charge is 2.37. The van der Waals surface area contributed by atoms with E-state index >= 15 is 0 Å². The largest absolute Gasteiger partial charge is 0.416 e. The second-order valence-electron chi connectivity index (χ2n) is 6.36. The van der Waals surface area contributed by atoms with Crippen molar-refractivity contribution in [1.29, 1.82) is 0 Å². The zero-order valence-electron chi connectivity index (χ0n) is 14.4. The SMILES string of the molecule is CO/N=C1\CCN2c3c(cccc31)C(=O)NC2c1ccc(C(F)(F)F)cc1. The van der Waals surface area contributed by atoms with Crippen LogP contribution in [0.3, 0.4) is 0 Å². The van der Waals surface area contributed by atoms with Gasteiger partial charge in [0.15, 0.2) is 0 Å². The van der Waals surface area contributed by atoms with E-state index in [4.69, 9.17) is 4.84 Å². The van der Waals surface area contributed by atoms with Crippen LogP contribution in [0, 0.1) is 0 Å². The number of nitrogens with one attached hydrogen (secondary N) is 1. The Morgan fingerprint density at radius 3 is 2.52 bits per heavy atom. The van der Waals surface area contributed by atoms with Gasteiger partial charge in [0.05, 0.1) is 22.5 Å². The van der Waals surface area contributed by atoms with Gasteiger partial charge < -0.3 is 15.1 Å². The molecule has 5 nitrogen and oxygen atoms in total. The summed E-state index contributed by atoms with van der Waals surface area (Å²) in [5, 5.41) is 6.94. The zero-order chi connectivity index (χ0) is 19.2. The molecule has 0 radical (unpaired) electrons. The van der Waals surface area contributed by atoms with Gasteiger partial charge in [-0.25, -0.2) is 0 Å². The first-order valence-electron chi connectivity index (χ1n) is 8.38. The van der Waals surface area contributed by atoms with E-state index in [9.17, 15) is 18.0 Å². The molecule has 0 fully saturated rings. The van der Waals surface area contributed by atoms with Crippen LogP contribution < -0.4 is 10.2 Å². The fourth-order valence-electron chi connectivity index (χ4n) is 3.60. The number of rotatable bonds is 2. The number of hydrogen-bond donors (Lipinski definition) is 1. The van der Waals surface area contributed by atoms with Gasteiger partial charge in [0, 0.05) is 18.5 Å². The number of oxime groups is 1. The van der Waals surface area contributed by atoms with Crippen molar-refractivity contribution in [3.63, 3.8) is 0 Å². The minimum Gasteiger partial charge on any atom is -0.399 e. The van der Waals surface area contributed by atoms with E-state index < -0.39 is 17.9 Å². The van der Waals surface area contributed by atoms with Gasteiger partial charge in [-0.15, -0.1) is 0 Å². The van der Waals surface area contributed by atoms with Gasteiger partial charge in [0.25, 0.3) is 5.91 Å². The normalized spacial score (nSPS) is 20.3. The molecule has 8 heteroatoms. The second-order valence-corrected chi connectivity index (χ2v) is 6.36. The smallest absolute Gasteiger partial charge is 0.399 e. The van der Waals surface area contributed by atoms with Crippen LogP contribution in [0.15, 0.2) is 47.6 Å². The summed E-state index contributed by atoms with van der Waals surface area (Å²) in [6.07, 6.45) is -4.35. The van der Waals surface area contributed by atoms with E-state index in [0.29, 0.717) is 24.1 Å². The van der Waals surface area contributed by atoms with Gasteiger partial charge in [-0.3, -0.25) is 4.79 Å². The minimum atomic E-state index is -4.40. The summed E-state index contributed by atoms with van der Waals surface area (Å²) in [6.45, 7) is 0.554. The molecule has 0 aliphatic carbocycles. The predicted molar refractivity (Wildman–Crippen MR) is 93.6 cm³/mol. The lowest BCUT2D eigenvalue weighted by Crippen LogP contribution is -2.49. The van der Waals surface area contributed by atoms with Crippen molar-refractivity contribution < 1.29 is 22.8 Å². The van der Waals surface area contributed by atoms with Crippen molar-refractivity contribution in [2.45, 2.75) is 18.8 Å². The Balaban J connectivity index is 1.78. The van der Waals surface area contributed by atoms with Crippen molar-refractivity contribution in [3.05, 3.63) is 64.7 Å². The van der Waals surface area contributed by atoms with E-state index in [1.807, 2.05) is 11.0 Å². The fourth-order valence-corrected chi connectivity index (χ4v) is 3.60. The summed E-state index contributed by atoms with van der Waals surface area (Å²) >= 11 is 0. The van der Waals surface area contributed by atoms with Crippen LogP contribution in [0.5, 0.6) is 0 Å². The number of carbonyl (C=O) groups excluding carboxylic acids is 1. The van der Waals surface area contributed by atoms with E-state index in [-0.39, 0.29) is 5.91 Å². The molecule has 2 aliphatic heterocycles. The highest BCUT2D eigenvalue weighted by Crippen LogP contribution is 2.40. The van der Waals surface area contributed by atoms with E-state index in [1.165, 1.54) is 19.2 Å². The average Bonchev–Trinajstić information content (AvgIpc) is 2.65. The Hall–Kier alpha value is -3.03. The molecule has 2 aromatic carbocycles. The van der Waals surface area contributed by atoms with Crippen LogP contribution in [0.2, 0.25) is 0 Å². The summed E-state index contributed by atoms with van der Waals surface area (Å²) in [5.41, 5.74) is 2.65. The highest BCUT2D eigenvalue weighted by atomic mass is 19.4. The standard InChI is InChI=1S/C19H16F3N3O2/c1-27-24-15-9-10-25-16-13(15)3-2-4-14(16)18(26)23-17(25)11-5-7-12(8-6-11)19(20,21)22/h2-8,17H,9-10H2,1H3,(H,23,26)/b24-15+. The van der Waals surface area contributed by atoms with Gasteiger partial charge in [-0.2, -0.15) is 13.2 Å². The van der Waals surface area contributed by atoms with Crippen molar-refractivity contribution >= 4 is 17.3 Å². The van der Waals surface area contributed by atoms with Crippen LogP contribution >= 0.6 is 0 Å². The van der Waals surface area contributed by atoms with E-state index in [1.54, 1.807) is 12.1 Å². The highest BCUT2D eigenvalue weighted by molar-refractivity contribution is 6.13. The van der Waals surface area contributed by atoms with Crippen molar-refractivity contribution in [2.24, 2.45) is 5.16 Å². The molecule has 1 atom stereocenters. The third-order valence-electron chi connectivity index (χ3n) is 4.80. The summed E-state index contributed by atoms with van der Waals surface area (Å²) in [7, 11) is 1.46. The van der Waals surface area contributed by atoms with Gasteiger partial charge >= 0.3 is 6.18 Å². The van der Waals surface area contributed by atoms with Crippen LogP contribution in [0.4, 0.5) is 18.9 Å². The number of hydrogen-bond acceptors (Lipinski definition) is 4. The molecule has 1 N–H and O–H groups in total. The monoisotopic (exact) mass is 375 g/mol. The molecule has 2 heterocycles. The number of benzene rings is 2. The molecule has 0 aromatic heterocycles. The summed E-state index contributed by atoms with van der Waals surface area (Å²) in [5.74, 6) is -0.272. The van der Waals surface area contributed by atoms with Crippen LogP contribution in [0.1, 0.15) is 39.6 Å². The zero-order valence-corrected chi connectivity index (χ0v) is 14.4. The van der Waals surface area contributed by atoms with Gasteiger partial charge in [0.1, 0.15) is 13.3 Å². The van der Waals surface area contributed by atoms with E-state index in [2.05, 4.69) is 10.5 Å². The Kier molecular flexibility index (Phi) is 4.05. The second kappa shape index (κ2) is 6.29. The molecule has 2 aromatic rings. The lowest BCUT2D eigenvalue weighted by Gasteiger charge is -2.43. The Morgan fingerprint density at radius 2 is 1.85 bits per heavy atom. The molecular formula is C19H16F3N3O2. The maximum absolute atomic E-state index is 12.8. The predicted octanol–water partition coefficient (Wildman–Crippen LogP) is 3.71. The van der Waals surface area contributed by atoms with Crippen molar-refractivity contribution in [2.75, 3.05) is 18.6 Å².